The zero-order chi connectivity index (χ0) is 13.7. The van der Waals surface area contributed by atoms with Crippen LogP contribution in [0.3, 0.4) is 0 Å². The summed E-state index contributed by atoms with van der Waals surface area (Å²) in [6.45, 7) is 4.88. The van der Waals surface area contributed by atoms with Crippen molar-refractivity contribution >= 4 is 17.8 Å². The van der Waals surface area contributed by atoms with Crippen molar-refractivity contribution in [3.8, 4) is 0 Å². The van der Waals surface area contributed by atoms with Crippen molar-refractivity contribution in [2.24, 2.45) is 17.8 Å². The number of aliphatic carboxylic acids is 1. The van der Waals surface area contributed by atoms with E-state index in [4.69, 9.17) is 5.11 Å². The van der Waals surface area contributed by atoms with Gasteiger partial charge in [0.05, 0.1) is 11.8 Å². The molecule has 2 atom stereocenters. The largest absolute Gasteiger partial charge is 0.481 e. The molecule has 1 aliphatic rings. The summed E-state index contributed by atoms with van der Waals surface area (Å²) >= 11 is 0. The molecular formula is C12H20N2O4. The van der Waals surface area contributed by atoms with E-state index >= 15 is 0 Å². The lowest BCUT2D eigenvalue weighted by Crippen LogP contribution is -2.33. The third-order valence-electron chi connectivity index (χ3n) is 2.80. The molecule has 6 nitrogen and oxygen atoms in total. The van der Waals surface area contributed by atoms with Crippen molar-refractivity contribution in [2.75, 3.05) is 13.1 Å². The van der Waals surface area contributed by atoms with Crippen molar-refractivity contribution in [1.29, 1.82) is 0 Å². The molecule has 102 valence electrons. The molecule has 0 saturated heterocycles. The van der Waals surface area contributed by atoms with Gasteiger partial charge in [0, 0.05) is 19.5 Å². The molecule has 0 aromatic carbocycles. The molecule has 0 radical (unpaired) electrons. The van der Waals surface area contributed by atoms with Gasteiger partial charge in [-0.05, 0) is 12.3 Å². The predicted octanol–water partition coefficient (Wildman–Crippen LogP) is -0.0144. The van der Waals surface area contributed by atoms with E-state index in [2.05, 4.69) is 10.6 Å². The standard InChI is InChI=1S/C12H20N2O4/c1-7(2)6-14-10(15)3-4-13-11(16)8-5-9(8)12(17)18/h7-9H,3-6H2,1-2H3,(H,13,16)(H,14,15)(H,17,18)/t8-,9+/m1/s1. The summed E-state index contributed by atoms with van der Waals surface area (Å²) in [5.41, 5.74) is 0. The lowest BCUT2D eigenvalue weighted by Gasteiger charge is -2.08. The highest BCUT2D eigenvalue weighted by Gasteiger charge is 2.48. The van der Waals surface area contributed by atoms with Gasteiger partial charge in [0.15, 0.2) is 0 Å². The Morgan fingerprint density at radius 1 is 1.22 bits per heavy atom. The Balaban J connectivity index is 2.09. The summed E-state index contributed by atoms with van der Waals surface area (Å²) in [6.07, 6.45) is 0.629. The Bertz CT molecular complexity index is 341. The molecule has 1 saturated carbocycles. The van der Waals surface area contributed by atoms with Crippen LogP contribution in [0.4, 0.5) is 0 Å². The molecule has 3 N–H and O–H groups in total. The zero-order valence-electron chi connectivity index (χ0n) is 10.7. The van der Waals surface area contributed by atoms with Crippen molar-refractivity contribution in [1.82, 2.24) is 10.6 Å². The Morgan fingerprint density at radius 2 is 1.89 bits per heavy atom. The van der Waals surface area contributed by atoms with E-state index in [1.807, 2.05) is 13.8 Å². The molecule has 1 fully saturated rings. The van der Waals surface area contributed by atoms with Gasteiger partial charge >= 0.3 is 5.97 Å². The molecule has 1 aliphatic carbocycles. The first-order valence-electron chi connectivity index (χ1n) is 6.19. The normalized spacial score (nSPS) is 21.5. The molecule has 0 unspecified atom stereocenters. The lowest BCUT2D eigenvalue weighted by atomic mass is 10.2. The van der Waals surface area contributed by atoms with Crippen LogP contribution in [0, 0.1) is 17.8 Å². The lowest BCUT2D eigenvalue weighted by molar-refractivity contribution is -0.140. The van der Waals surface area contributed by atoms with E-state index in [0.717, 1.165) is 0 Å². The minimum absolute atomic E-state index is 0.102. The quantitative estimate of drug-likeness (QED) is 0.597. The molecule has 0 aliphatic heterocycles. The van der Waals surface area contributed by atoms with Crippen molar-refractivity contribution in [3.05, 3.63) is 0 Å². The molecule has 6 heteroatoms. The van der Waals surface area contributed by atoms with Crippen molar-refractivity contribution in [3.63, 3.8) is 0 Å². The first kappa shape index (κ1) is 14.5. The van der Waals surface area contributed by atoms with Crippen LogP contribution >= 0.6 is 0 Å². The van der Waals surface area contributed by atoms with Crippen LogP contribution < -0.4 is 10.6 Å². The van der Waals surface area contributed by atoms with Gasteiger partial charge in [-0.15, -0.1) is 0 Å². The fourth-order valence-electron chi connectivity index (χ4n) is 1.59. The fourth-order valence-corrected chi connectivity index (χ4v) is 1.59. The van der Waals surface area contributed by atoms with Gasteiger partial charge in [-0.1, -0.05) is 13.8 Å². The Morgan fingerprint density at radius 3 is 2.39 bits per heavy atom. The van der Waals surface area contributed by atoms with Crippen LogP contribution in [0.5, 0.6) is 0 Å². The SMILES string of the molecule is CC(C)CNC(=O)CCNC(=O)[C@@H]1C[C@@H]1C(=O)O. The minimum atomic E-state index is -0.926. The molecule has 2 amide bonds. The van der Waals surface area contributed by atoms with Crippen LogP contribution in [0.15, 0.2) is 0 Å². The highest BCUT2D eigenvalue weighted by atomic mass is 16.4. The second-order valence-electron chi connectivity index (χ2n) is 5.03. The van der Waals surface area contributed by atoms with E-state index in [-0.39, 0.29) is 24.8 Å². The summed E-state index contributed by atoms with van der Waals surface area (Å²) in [5, 5.41) is 14.0. The van der Waals surface area contributed by atoms with Crippen LogP contribution in [-0.4, -0.2) is 36.0 Å². The van der Waals surface area contributed by atoms with Gasteiger partial charge in [-0.3, -0.25) is 14.4 Å². The summed E-state index contributed by atoms with van der Waals surface area (Å²) in [6, 6.07) is 0. The number of carboxylic acid groups (broad SMARTS) is 1. The Kier molecular flexibility index (Phi) is 5.12. The van der Waals surface area contributed by atoms with Gasteiger partial charge in [0.1, 0.15) is 0 Å². The van der Waals surface area contributed by atoms with Gasteiger partial charge in [-0.2, -0.15) is 0 Å². The van der Waals surface area contributed by atoms with Gasteiger partial charge in [0.2, 0.25) is 11.8 Å². The van der Waals surface area contributed by atoms with Crippen LogP contribution in [0.1, 0.15) is 26.7 Å². The third-order valence-corrected chi connectivity index (χ3v) is 2.80. The average Bonchev–Trinajstić information content (AvgIpc) is 3.06. The summed E-state index contributed by atoms with van der Waals surface area (Å²) in [5.74, 6) is -1.86. The van der Waals surface area contributed by atoms with Crippen LogP contribution in [-0.2, 0) is 14.4 Å². The maximum absolute atomic E-state index is 11.5. The summed E-state index contributed by atoms with van der Waals surface area (Å²) in [4.78, 5) is 33.4. The van der Waals surface area contributed by atoms with E-state index in [0.29, 0.717) is 18.9 Å². The number of carbonyl (C=O) groups is 3. The molecule has 0 spiro atoms. The number of nitrogens with one attached hydrogen (secondary N) is 2. The number of hydrogen-bond donors (Lipinski definition) is 3. The maximum Gasteiger partial charge on any atom is 0.307 e. The van der Waals surface area contributed by atoms with E-state index in [1.165, 1.54) is 0 Å². The van der Waals surface area contributed by atoms with Crippen molar-refractivity contribution < 1.29 is 19.5 Å². The third kappa shape index (κ3) is 4.73. The Labute approximate surface area is 106 Å². The van der Waals surface area contributed by atoms with E-state index in [9.17, 15) is 14.4 Å². The Hall–Kier alpha value is -1.59. The number of rotatable bonds is 7. The zero-order valence-corrected chi connectivity index (χ0v) is 10.7. The topological polar surface area (TPSA) is 95.5 Å². The number of hydrogen-bond acceptors (Lipinski definition) is 3. The van der Waals surface area contributed by atoms with Gasteiger partial charge < -0.3 is 15.7 Å². The molecule has 18 heavy (non-hydrogen) atoms. The van der Waals surface area contributed by atoms with Crippen LogP contribution in [0.25, 0.3) is 0 Å². The minimum Gasteiger partial charge on any atom is -0.481 e. The first-order chi connectivity index (χ1) is 8.41. The second kappa shape index (κ2) is 6.37. The van der Waals surface area contributed by atoms with Gasteiger partial charge in [0.25, 0.3) is 0 Å². The molecule has 0 aromatic rings. The van der Waals surface area contributed by atoms with Gasteiger partial charge in [-0.25, -0.2) is 0 Å². The van der Waals surface area contributed by atoms with Crippen molar-refractivity contribution in [2.45, 2.75) is 26.7 Å². The molecule has 0 bridgehead atoms. The first-order valence-corrected chi connectivity index (χ1v) is 6.19. The van der Waals surface area contributed by atoms with E-state index in [1.54, 1.807) is 0 Å². The fraction of sp³-hybridized carbons (Fsp3) is 0.750. The molecule has 0 aromatic heterocycles. The maximum atomic E-state index is 11.5. The van der Waals surface area contributed by atoms with E-state index < -0.39 is 17.8 Å². The predicted molar refractivity (Wildman–Crippen MR) is 64.7 cm³/mol. The smallest absolute Gasteiger partial charge is 0.307 e. The molecule has 1 rings (SSSR count). The number of amides is 2. The second-order valence-corrected chi connectivity index (χ2v) is 5.03. The summed E-state index contributed by atoms with van der Waals surface area (Å²) in [7, 11) is 0. The monoisotopic (exact) mass is 256 g/mol. The highest BCUT2D eigenvalue weighted by molar-refractivity contribution is 5.89. The summed E-state index contributed by atoms with van der Waals surface area (Å²) < 4.78 is 0. The number of carboxylic acids is 1. The molecular weight excluding hydrogens is 236 g/mol. The highest BCUT2D eigenvalue weighted by Crippen LogP contribution is 2.38. The average molecular weight is 256 g/mol. The number of carbonyl (C=O) groups excluding carboxylic acids is 2. The molecule has 0 heterocycles. The van der Waals surface area contributed by atoms with Crippen LogP contribution in [0.2, 0.25) is 0 Å².